The summed E-state index contributed by atoms with van der Waals surface area (Å²) in [6, 6.07) is 6.01. The lowest BCUT2D eigenvalue weighted by Crippen LogP contribution is -2.42. The molecule has 2 aromatic rings. The number of hydrogen-bond acceptors (Lipinski definition) is 5. The molecule has 30 heavy (non-hydrogen) atoms. The quantitative estimate of drug-likeness (QED) is 0.655. The van der Waals surface area contributed by atoms with Crippen LogP contribution in [-0.2, 0) is 4.79 Å². The molecular weight excluding hydrogens is 378 g/mol. The summed E-state index contributed by atoms with van der Waals surface area (Å²) in [5, 5.41) is 3.01. The number of anilines is 1. The molecule has 2 N–H and O–H groups in total. The van der Waals surface area contributed by atoms with Crippen LogP contribution >= 0.6 is 0 Å². The fraction of sp³-hybridized carbons (Fsp3) is 0.435. The van der Waals surface area contributed by atoms with Crippen molar-refractivity contribution in [1.82, 2.24) is 20.2 Å². The van der Waals surface area contributed by atoms with Crippen LogP contribution in [0.4, 0.5) is 5.69 Å². The van der Waals surface area contributed by atoms with E-state index in [9.17, 15) is 9.59 Å². The van der Waals surface area contributed by atoms with Crippen LogP contribution in [0.5, 0.6) is 0 Å². The number of nitrogens with one attached hydrogen (secondary N) is 2. The number of carbonyl (C=O) groups excluding carboxylic acids is 1. The third-order valence-electron chi connectivity index (χ3n) is 5.86. The summed E-state index contributed by atoms with van der Waals surface area (Å²) in [4.78, 5) is 36.4. The van der Waals surface area contributed by atoms with Crippen molar-refractivity contribution >= 4 is 11.6 Å². The van der Waals surface area contributed by atoms with E-state index in [1.807, 2.05) is 36.2 Å². The molecule has 7 nitrogen and oxygen atoms in total. The lowest BCUT2D eigenvalue weighted by Gasteiger charge is -2.31. The Morgan fingerprint density at radius 2 is 2.10 bits per heavy atom. The van der Waals surface area contributed by atoms with Crippen molar-refractivity contribution in [2.75, 3.05) is 38.1 Å². The van der Waals surface area contributed by atoms with Gasteiger partial charge in [-0.15, -0.1) is 0 Å². The highest BCUT2D eigenvalue weighted by atomic mass is 16.2. The predicted molar refractivity (Wildman–Crippen MR) is 118 cm³/mol. The number of likely N-dealkylation sites (tertiary alicyclic amines) is 1. The monoisotopic (exact) mass is 407 g/mol. The van der Waals surface area contributed by atoms with Gasteiger partial charge < -0.3 is 20.1 Å². The predicted octanol–water partition coefficient (Wildman–Crippen LogP) is 2.03. The summed E-state index contributed by atoms with van der Waals surface area (Å²) in [5.41, 5.74) is 2.61. The summed E-state index contributed by atoms with van der Waals surface area (Å²) in [7, 11) is 1.86. The third kappa shape index (κ3) is 4.79. The number of likely N-dealkylation sites (N-methyl/N-ethyl adjacent to an activating group) is 1. The summed E-state index contributed by atoms with van der Waals surface area (Å²) in [6.45, 7) is 2.91. The molecule has 1 aliphatic heterocycles. The van der Waals surface area contributed by atoms with Crippen LogP contribution in [0.3, 0.4) is 0 Å². The number of aromatic nitrogens is 2. The molecule has 1 saturated heterocycles. The van der Waals surface area contributed by atoms with Crippen molar-refractivity contribution in [2.24, 2.45) is 5.92 Å². The second-order valence-corrected chi connectivity index (χ2v) is 8.12. The number of pyridine rings is 2. The minimum absolute atomic E-state index is 0.0403. The molecule has 3 heterocycles. The second kappa shape index (κ2) is 9.26. The van der Waals surface area contributed by atoms with Gasteiger partial charge in [0.2, 0.25) is 5.91 Å². The highest BCUT2D eigenvalue weighted by Crippen LogP contribution is 2.33. The smallest absolute Gasteiger partial charge is 0.271 e. The number of rotatable bonds is 8. The zero-order valence-corrected chi connectivity index (χ0v) is 17.4. The van der Waals surface area contributed by atoms with Crippen LogP contribution in [0.2, 0.25) is 0 Å². The Kier molecular flexibility index (Phi) is 6.28. The fourth-order valence-corrected chi connectivity index (χ4v) is 4.00. The number of carbonyl (C=O) groups is 1. The van der Waals surface area contributed by atoms with Gasteiger partial charge in [0.1, 0.15) is 5.69 Å². The molecular formula is C23H29N5O2. The van der Waals surface area contributed by atoms with E-state index in [0.29, 0.717) is 24.7 Å². The summed E-state index contributed by atoms with van der Waals surface area (Å²) in [6.07, 6.45) is 12.0. The van der Waals surface area contributed by atoms with E-state index in [2.05, 4.69) is 20.2 Å². The van der Waals surface area contributed by atoms with Gasteiger partial charge in [-0.3, -0.25) is 14.6 Å². The van der Waals surface area contributed by atoms with Crippen molar-refractivity contribution in [2.45, 2.75) is 25.3 Å². The number of aromatic amines is 1. The van der Waals surface area contributed by atoms with Crippen LogP contribution in [0, 0.1) is 5.92 Å². The zero-order chi connectivity index (χ0) is 20.9. The lowest BCUT2D eigenvalue weighted by molar-refractivity contribution is -0.125. The van der Waals surface area contributed by atoms with E-state index in [1.54, 1.807) is 24.7 Å². The average Bonchev–Trinajstić information content (AvgIpc) is 3.46. The van der Waals surface area contributed by atoms with Gasteiger partial charge >= 0.3 is 0 Å². The Labute approximate surface area is 176 Å². The molecule has 158 valence electrons. The van der Waals surface area contributed by atoms with Gasteiger partial charge in [0.05, 0.1) is 0 Å². The number of nitrogens with zero attached hydrogens (tertiary/aromatic N) is 3. The van der Waals surface area contributed by atoms with Gasteiger partial charge in [0.25, 0.3) is 5.56 Å². The van der Waals surface area contributed by atoms with E-state index in [-0.39, 0.29) is 17.5 Å². The van der Waals surface area contributed by atoms with Crippen LogP contribution in [0.25, 0.3) is 11.1 Å². The molecule has 7 heteroatoms. The summed E-state index contributed by atoms with van der Waals surface area (Å²) < 4.78 is 0. The van der Waals surface area contributed by atoms with Gasteiger partial charge in [-0.05, 0) is 56.0 Å². The van der Waals surface area contributed by atoms with Crippen molar-refractivity contribution in [3.8, 4) is 11.1 Å². The largest absolute Gasteiger partial charge is 0.362 e. The maximum atomic E-state index is 12.8. The molecule has 0 unspecified atom stereocenters. The van der Waals surface area contributed by atoms with Crippen molar-refractivity contribution in [3.05, 3.63) is 59.3 Å². The Morgan fingerprint density at radius 1 is 1.30 bits per heavy atom. The molecule has 0 aromatic carbocycles. The summed E-state index contributed by atoms with van der Waals surface area (Å²) in [5.74, 6) is 0.674. The van der Waals surface area contributed by atoms with E-state index in [0.717, 1.165) is 30.6 Å². The average molecular weight is 408 g/mol. The molecule has 0 radical (unpaired) electrons. The molecule has 1 saturated carbocycles. The van der Waals surface area contributed by atoms with Crippen LogP contribution in [-0.4, -0.2) is 60.0 Å². The number of hydrogen-bond donors (Lipinski definition) is 2. The van der Waals surface area contributed by atoms with Crippen molar-refractivity contribution < 1.29 is 4.79 Å². The molecule has 0 bridgehead atoms. The van der Waals surface area contributed by atoms with Crippen molar-refractivity contribution in [1.29, 1.82) is 0 Å². The van der Waals surface area contributed by atoms with Crippen LogP contribution in [0.15, 0.2) is 53.7 Å². The van der Waals surface area contributed by atoms with Crippen LogP contribution < -0.4 is 15.8 Å². The number of amides is 1. The molecule has 1 aliphatic carbocycles. The minimum atomic E-state index is -0.0767. The number of H-pyrrole nitrogens is 1. The van der Waals surface area contributed by atoms with E-state index in [1.165, 1.54) is 12.8 Å². The first-order chi connectivity index (χ1) is 14.7. The van der Waals surface area contributed by atoms with Gasteiger partial charge in [-0.1, -0.05) is 6.08 Å². The van der Waals surface area contributed by atoms with E-state index >= 15 is 0 Å². The molecule has 2 fully saturated rings. The maximum absolute atomic E-state index is 12.8. The highest BCUT2D eigenvalue weighted by molar-refractivity contribution is 5.88. The lowest BCUT2D eigenvalue weighted by atomic mass is 10.1. The Bertz CT molecular complexity index is 952. The Hall–Kier alpha value is -2.93. The first-order valence-corrected chi connectivity index (χ1v) is 10.7. The highest BCUT2D eigenvalue weighted by Gasteiger charge is 2.34. The third-order valence-corrected chi connectivity index (χ3v) is 5.86. The maximum Gasteiger partial charge on any atom is 0.271 e. The minimum Gasteiger partial charge on any atom is -0.362 e. The SMILES string of the molecule is CNCC=CC(=O)N1CC[C@H](N(CC2CC2)c2cc(-c3ccncc3)c[nH]c2=O)C1. The molecule has 2 aliphatic rings. The summed E-state index contributed by atoms with van der Waals surface area (Å²) >= 11 is 0. The molecule has 0 spiro atoms. The van der Waals surface area contributed by atoms with Crippen molar-refractivity contribution in [3.63, 3.8) is 0 Å². The van der Waals surface area contributed by atoms with Gasteiger partial charge in [-0.25, -0.2) is 0 Å². The fourth-order valence-electron chi connectivity index (χ4n) is 4.00. The van der Waals surface area contributed by atoms with E-state index < -0.39 is 0 Å². The topological polar surface area (TPSA) is 81.3 Å². The molecule has 2 aromatic heterocycles. The standard InChI is InChI=1S/C23H29N5O2/c1-24-9-2-3-22(29)27-12-8-20(16-27)28(15-17-4-5-17)21-13-19(14-26-23(21)30)18-6-10-25-11-7-18/h2-3,6-7,10-11,13-14,17,20,24H,4-5,8-9,12,15-16H2,1H3,(H,26,30)/t20-/m0/s1. The Morgan fingerprint density at radius 3 is 2.83 bits per heavy atom. The molecule has 1 atom stereocenters. The van der Waals surface area contributed by atoms with Crippen LogP contribution in [0.1, 0.15) is 19.3 Å². The van der Waals surface area contributed by atoms with Gasteiger partial charge in [0.15, 0.2) is 0 Å². The normalized spacial score (nSPS) is 18.8. The molecule has 1 amide bonds. The Balaban J connectivity index is 1.56. The second-order valence-electron chi connectivity index (χ2n) is 8.12. The zero-order valence-electron chi connectivity index (χ0n) is 17.4. The van der Waals surface area contributed by atoms with Gasteiger partial charge in [0, 0.05) is 62.5 Å². The van der Waals surface area contributed by atoms with E-state index in [4.69, 9.17) is 0 Å². The van der Waals surface area contributed by atoms with Gasteiger partial charge in [-0.2, -0.15) is 0 Å². The molecule has 4 rings (SSSR count). The first kappa shape index (κ1) is 20.3. The first-order valence-electron chi connectivity index (χ1n) is 10.7.